The van der Waals surface area contributed by atoms with E-state index in [-0.39, 0.29) is 25.9 Å². The van der Waals surface area contributed by atoms with Crippen molar-refractivity contribution in [3.8, 4) is 39.5 Å². The van der Waals surface area contributed by atoms with E-state index in [4.69, 9.17) is 14.4 Å². The van der Waals surface area contributed by atoms with E-state index in [1.54, 1.807) is 6.07 Å². The number of rotatable bonds is 9. The predicted octanol–water partition coefficient (Wildman–Crippen LogP) is 13.4. The zero-order chi connectivity index (χ0) is 43.9. The van der Waals surface area contributed by atoms with E-state index >= 15 is 0 Å². The van der Waals surface area contributed by atoms with Gasteiger partial charge in [0, 0.05) is 54.6 Å². The van der Waals surface area contributed by atoms with E-state index in [1.807, 2.05) is 37.5 Å². The standard InChI is InChI=1S/C36H31N4O.C18H23FNSi.Ir/c1-21(2)16-27-14-15-29-28-12-9-13-30(34(28)41-36(29)38-27)35-39-31-19-24(5)37-20-32(31)40(35)33-22(3)17-26(18-23(33)4)25-10-7-6-8-11-25;1-13(2)10-15-11-17(14-6-8-16(19)9-7-14)20-12-18(15)21(3,4)5;/h6-12,14-15,17-21H,16H2,1-5H3;6,8-9,11-13H,10H2,1-5H3;/q2*-1;. The first-order chi connectivity index (χ1) is 29.6. The molecule has 0 fully saturated rings. The first kappa shape index (κ1) is 45.4. The SMILES string of the molecule is CC(C)Cc1cc(-c2[c-]cc(F)cc2)ncc1[Si](C)(C)C.Cc1cc2nc(-c3[c-]ccc4c3oc3nc(CC(C)C)ccc34)n(-c3c(C)cc(-c4ccccc4)cc3C)c2cn1.[Ir]. The minimum Gasteiger partial charge on any atom is -0.486 e. The van der Waals surface area contributed by atoms with Crippen molar-refractivity contribution >= 4 is 46.4 Å². The van der Waals surface area contributed by atoms with Gasteiger partial charge < -0.3 is 14.0 Å². The Balaban J connectivity index is 0.000000229. The van der Waals surface area contributed by atoms with Crippen molar-refractivity contribution in [1.29, 1.82) is 0 Å². The summed E-state index contributed by atoms with van der Waals surface area (Å²) in [6.07, 6.45) is 5.90. The quantitative estimate of drug-likeness (QED) is 0.106. The molecule has 0 saturated heterocycles. The summed E-state index contributed by atoms with van der Waals surface area (Å²) >= 11 is 0. The Kier molecular flexibility index (Phi) is 13.4. The van der Waals surface area contributed by atoms with Crippen LogP contribution in [0, 0.1) is 50.6 Å². The molecule has 1 radical (unpaired) electrons. The van der Waals surface area contributed by atoms with Crippen LogP contribution in [0.2, 0.25) is 19.6 Å². The molecule has 0 N–H and O–H groups in total. The fourth-order valence-corrected chi connectivity index (χ4v) is 10.0. The van der Waals surface area contributed by atoms with Crippen molar-refractivity contribution in [3.05, 3.63) is 155 Å². The van der Waals surface area contributed by atoms with E-state index in [0.717, 1.165) is 91.1 Å². The van der Waals surface area contributed by atoms with Crippen LogP contribution < -0.4 is 5.19 Å². The maximum Gasteiger partial charge on any atom is 0.216 e. The van der Waals surface area contributed by atoms with Crippen LogP contribution in [0.5, 0.6) is 0 Å². The molecule has 4 aromatic carbocycles. The van der Waals surface area contributed by atoms with Gasteiger partial charge in [-0.3, -0.25) is 14.4 Å². The van der Waals surface area contributed by atoms with Gasteiger partial charge in [0.2, 0.25) is 5.71 Å². The Morgan fingerprint density at radius 3 is 2.14 bits per heavy atom. The summed E-state index contributed by atoms with van der Waals surface area (Å²) in [6.45, 7) is 22.2. The van der Waals surface area contributed by atoms with E-state index < -0.39 is 8.07 Å². The van der Waals surface area contributed by atoms with Crippen LogP contribution in [0.15, 0.2) is 114 Å². The molecule has 0 saturated carbocycles. The topological polar surface area (TPSA) is 69.6 Å². The fourth-order valence-electron chi connectivity index (χ4n) is 8.43. The molecule has 0 aliphatic carbocycles. The summed E-state index contributed by atoms with van der Waals surface area (Å²) in [5, 5.41) is 3.43. The van der Waals surface area contributed by atoms with Crippen LogP contribution in [0.25, 0.3) is 72.6 Å². The Hall–Kier alpha value is -5.60. The first-order valence-electron chi connectivity index (χ1n) is 21.6. The molecule has 63 heavy (non-hydrogen) atoms. The number of aromatic nitrogens is 5. The second-order valence-corrected chi connectivity index (χ2v) is 23.4. The zero-order valence-corrected chi connectivity index (χ0v) is 41.2. The maximum atomic E-state index is 13.0. The second kappa shape index (κ2) is 18.6. The molecule has 6 nitrogen and oxygen atoms in total. The number of hydrogen-bond donors (Lipinski definition) is 0. The Morgan fingerprint density at radius 1 is 0.746 bits per heavy atom. The summed E-state index contributed by atoms with van der Waals surface area (Å²) in [6, 6.07) is 38.5. The Labute approximate surface area is 385 Å². The molecule has 9 rings (SSSR count). The van der Waals surface area contributed by atoms with Gasteiger partial charge in [0.1, 0.15) is 0 Å². The van der Waals surface area contributed by atoms with Gasteiger partial charge in [-0.05, 0) is 109 Å². The van der Waals surface area contributed by atoms with Crippen molar-refractivity contribution < 1.29 is 28.9 Å². The number of pyridine rings is 3. The Bertz CT molecular complexity index is 3030. The molecule has 0 unspecified atom stereocenters. The summed E-state index contributed by atoms with van der Waals surface area (Å²) < 4.78 is 21.7. The van der Waals surface area contributed by atoms with Gasteiger partial charge in [0.05, 0.1) is 36.7 Å². The van der Waals surface area contributed by atoms with E-state index in [2.05, 4.69) is 149 Å². The largest absolute Gasteiger partial charge is 0.486 e. The van der Waals surface area contributed by atoms with Gasteiger partial charge in [-0.25, -0.2) is 4.98 Å². The van der Waals surface area contributed by atoms with Gasteiger partial charge in [0.25, 0.3) is 0 Å². The fraction of sp³-hybridized carbons (Fsp3) is 0.259. The van der Waals surface area contributed by atoms with Crippen molar-refractivity contribution in [1.82, 2.24) is 24.5 Å². The maximum absolute atomic E-state index is 13.0. The smallest absolute Gasteiger partial charge is 0.216 e. The molecule has 0 spiro atoms. The molecule has 323 valence electrons. The molecule has 0 atom stereocenters. The normalized spacial score (nSPS) is 11.7. The number of furan rings is 1. The summed E-state index contributed by atoms with van der Waals surface area (Å²) in [4.78, 5) is 19.3. The predicted molar refractivity (Wildman–Crippen MR) is 256 cm³/mol. The molecule has 0 amide bonds. The van der Waals surface area contributed by atoms with Gasteiger partial charge in [0.15, 0.2) is 0 Å². The van der Waals surface area contributed by atoms with Crippen molar-refractivity contribution in [2.75, 3.05) is 0 Å². The Morgan fingerprint density at radius 2 is 1.48 bits per heavy atom. The van der Waals surface area contributed by atoms with Crippen molar-refractivity contribution in [3.63, 3.8) is 0 Å². The number of halogens is 1. The van der Waals surface area contributed by atoms with Gasteiger partial charge in [-0.2, -0.15) is 0 Å². The number of aryl methyl sites for hydroxylation is 3. The minimum atomic E-state index is -1.41. The number of hydrogen-bond acceptors (Lipinski definition) is 5. The van der Waals surface area contributed by atoms with Crippen LogP contribution in [0.4, 0.5) is 4.39 Å². The molecular weight excluding hydrogens is 974 g/mol. The average molecular weight is 1030 g/mol. The zero-order valence-electron chi connectivity index (χ0n) is 37.8. The number of benzene rings is 4. The van der Waals surface area contributed by atoms with Crippen LogP contribution in [-0.2, 0) is 32.9 Å². The molecule has 9 heteroatoms. The molecule has 5 aromatic heterocycles. The molecule has 9 aromatic rings. The average Bonchev–Trinajstić information content (AvgIpc) is 3.78. The molecule has 0 aliphatic heterocycles. The van der Waals surface area contributed by atoms with Crippen LogP contribution in [-0.4, -0.2) is 32.6 Å². The summed E-state index contributed by atoms with van der Waals surface area (Å²) in [7, 11) is -1.41. The third-order valence-electron chi connectivity index (χ3n) is 11.2. The van der Waals surface area contributed by atoms with E-state index in [9.17, 15) is 4.39 Å². The van der Waals surface area contributed by atoms with Crippen LogP contribution in [0.1, 0.15) is 55.8 Å². The molecular formula is C54H54FIrN5OSi-2. The first-order valence-corrected chi connectivity index (χ1v) is 25.1. The molecule has 0 aliphatic rings. The summed E-state index contributed by atoms with van der Waals surface area (Å²) in [5.41, 5.74) is 14.9. The van der Waals surface area contributed by atoms with Crippen molar-refractivity contribution in [2.45, 2.75) is 80.9 Å². The van der Waals surface area contributed by atoms with Gasteiger partial charge in [-0.15, -0.1) is 48.0 Å². The monoisotopic (exact) mass is 1030 g/mol. The number of imidazole rings is 1. The van der Waals surface area contributed by atoms with Gasteiger partial charge >= 0.3 is 0 Å². The third-order valence-corrected chi connectivity index (χ3v) is 13.2. The second-order valence-electron chi connectivity index (χ2n) is 18.4. The number of nitrogens with zero attached hydrogens (tertiary/aromatic N) is 5. The third kappa shape index (κ3) is 9.67. The van der Waals surface area contributed by atoms with Crippen LogP contribution >= 0.6 is 0 Å². The van der Waals surface area contributed by atoms with Crippen molar-refractivity contribution in [2.24, 2.45) is 11.8 Å². The van der Waals surface area contributed by atoms with E-state index in [0.29, 0.717) is 17.5 Å². The minimum absolute atomic E-state index is 0. The molecule has 5 heterocycles. The van der Waals surface area contributed by atoms with E-state index in [1.165, 1.54) is 34.0 Å². The van der Waals surface area contributed by atoms with Crippen LogP contribution in [0.3, 0.4) is 0 Å². The van der Waals surface area contributed by atoms with Gasteiger partial charge in [-0.1, -0.05) is 100 Å². The summed E-state index contributed by atoms with van der Waals surface area (Å²) in [5.74, 6) is 1.63. The molecule has 0 bridgehead atoms. The number of fused-ring (bicyclic) bond motifs is 4.